The summed E-state index contributed by atoms with van der Waals surface area (Å²) in [5.41, 5.74) is 1.94. The molecular weight excluding hydrogens is 606 g/mol. The molecule has 1 aromatic heterocycles. The van der Waals surface area contributed by atoms with Gasteiger partial charge in [0, 0.05) is 44.3 Å². The van der Waals surface area contributed by atoms with Crippen LogP contribution in [0.5, 0.6) is 0 Å². The molecule has 244 valence electrons. The van der Waals surface area contributed by atoms with E-state index in [0.717, 1.165) is 28.7 Å². The average Bonchev–Trinajstić information content (AvgIpc) is 3.54. The molecule has 0 radical (unpaired) electrons. The van der Waals surface area contributed by atoms with Gasteiger partial charge in [0.05, 0.1) is 22.9 Å². The second-order valence-corrected chi connectivity index (χ2v) is 12.5. The molecule has 0 saturated carbocycles. The van der Waals surface area contributed by atoms with Gasteiger partial charge in [-0.3, -0.25) is 24.1 Å². The standard InChI is InChI=1S/C36H36F2N4O5/c1-23(43)47-22-31(44)40(17-10-18-41-34(45)27-13-8-9-14-28(27)35(41)46)33(36(2,3)4)32-25(19-24-11-6-5-7-12-24)21-42(39-32)30-20-26(37)15-16-29(30)38/h5-9,11-16,20-21,33H,10,17-19,22H2,1-4H3/t33-/m0/s1. The van der Waals surface area contributed by atoms with Crippen molar-refractivity contribution in [1.82, 2.24) is 19.6 Å². The average molecular weight is 643 g/mol. The summed E-state index contributed by atoms with van der Waals surface area (Å²) in [4.78, 5) is 54.3. The van der Waals surface area contributed by atoms with Crippen molar-refractivity contribution in [1.29, 1.82) is 0 Å². The molecule has 0 saturated heterocycles. The van der Waals surface area contributed by atoms with E-state index in [1.54, 1.807) is 30.5 Å². The van der Waals surface area contributed by atoms with Gasteiger partial charge in [-0.05, 0) is 41.7 Å². The normalized spacial score (nSPS) is 13.4. The topological polar surface area (TPSA) is 102 Å². The molecule has 1 aliphatic rings. The maximum Gasteiger partial charge on any atom is 0.303 e. The highest BCUT2D eigenvalue weighted by molar-refractivity contribution is 6.21. The zero-order valence-electron chi connectivity index (χ0n) is 26.7. The Kier molecular flexibility index (Phi) is 9.64. The van der Waals surface area contributed by atoms with Crippen LogP contribution in [0.2, 0.25) is 0 Å². The van der Waals surface area contributed by atoms with Crippen molar-refractivity contribution >= 4 is 23.7 Å². The maximum absolute atomic E-state index is 15.0. The van der Waals surface area contributed by atoms with Gasteiger partial charge in [0.2, 0.25) is 0 Å². The summed E-state index contributed by atoms with van der Waals surface area (Å²) in [5.74, 6) is -3.27. The lowest BCUT2D eigenvalue weighted by Gasteiger charge is -2.40. The number of rotatable bonds is 11. The largest absolute Gasteiger partial charge is 0.456 e. The molecule has 0 fully saturated rings. The van der Waals surface area contributed by atoms with E-state index in [2.05, 4.69) is 0 Å². The van der Waals surface area contributed by atoms with E-state index < -0.39 is 53.4 Å². The molecule has 3 amide bonds. The van der Waals surface area contributed by atoms with E-state index in [-0.39, 0.29) is 25.2 Å². The van der Waals surface area contributed by atoms with Gasteiger partial charge < -0.3 is 9.64 Å². The fraction of sp³-hybridized carbons (Fsp3) is 0.306. The van der Waals surface area contributed by atoms with Gasteiger partial charge in [-0.1, -0.05) is 63.2 Å². The van der Waals surface area contributed by atoms with Crippen LogP contribution in [0.25, 0.3) is 5.69 Å². The van der Waals surface area contributed by atoms with E-state index >= 15 is 0 Å². The number of amides is 3. The first-order valence-corrected chi connectivity index (χ1v) is 15.3. The Hall–Kier alpha value is -5.19. The molecule has 0 unspecified atom stereocenters. The fourth-order valence-corrected chi connectivity index (χ4v) is 5.90. The Morgan fingerprint density at radius 1 is 0.936 bits per heavy atom. The minimum atomic E-state index is -0.746. The molecule has 5 rings (SSSR count). The van der Waals surface area contributed by atoms with Crippen molar-refractivity contribution in [2.45, 2.75) is 46.6 Å². The summed E-state index contributed by atoms with van der Waals surface area (Å²) in [7, 11) is 0. The third-order valence-corrected chi connectivity index (χ3v) is 7.98. The van der Waals surface area contributed by atoms with E-state index in [4.69, 9.17) is 9.84 Å². The Bertz CT molecular complexity index is 1780. The van der Waals surface area contributed by atoms with Gasteiger partial charge in [-0.25, -0.2) is 13.5 Å². The minimum Gasteiger partial charge on any atom is -0.456 e. The van der Waals surface area contributed by atoms with E-state index in [0.29, 0.717) is 28.8 Å². The molecule has 4 aromatic rings. The molecule has 1 atom stereocenters. The molecule has 47 heavy (non-hydrogen) atoms. The number of carbonyl (C=O) groups excluding carboxylic acids is 4. The molecule has 3 aromatic carbocycles. The molecule has 1 aliphatic heterocycles. The summed E-state index contributed by atoms with van der Waals surface area (Å²) in [5, 5.41) is 4.77. The lowest BCUT2D eigenvalue weighted by molar-refractivity contribution is -0.152. The van der Waals surface area contributed by atoms with Crippen LogP contribution < -0.4 is 0 Å². The second kappa shape index (κ2) is 13.7. The Morgan fingerprint density at radius 2 is 1.57 bits per heavy atom. The van der Waals surface area contributed by atoms with E-state index in [9.17, 15) is 28.0 Å². The van der Waals surface area contributed by atoms with Gasteiger partial charge in [-0.2, -0.15) is 5.10 Å². The molecule has 0 spiro atoms. The summed E-state index contributed by atoms with van der Waals surface area (Å²) in [6.07, 6.45) is 2.23. The fourth-order valence-electron chi connectivity index (χ4n) is 5.90. The number of aromatic nitrogens is 2. The molecule has 11 heteroatoms. The van der Waals surface area contributed by atoms with Crippen LogP contribution in [-0.2, 0) is 20.7 Å². The number of fused-ring (bicyclic) bond motifs is 1. The number of halogens is 2. The van der Waals surface area contributed by atoms with Crippen LogP contribution in [0.4, 0.5) is 8.78 Å². The zero-order valence-corrected chi connectivity index (χ0v) is 26.7. The predicted molar refractivity (Wildman–Crippen MR) is 170 cm³/mol. The van der Waals surface area contributed by atoms with Crippen LogP contribution in [0.1, 0.15) is 77.7 Å². The summed E-state index contributed by atoms with van der Waals surface area (Å²) < 4.78 is 35.7. The van der Waals surface area contributed by atoms with Crippen molar-refractivity contribution in [2.75, 3.05) is 19.7 Å². The lowest BCUT2D eigenvalue weighted by atomic mass is 9.81. The van der Waals surface area contributed by atoms with Crippen LogP contribution >= 0.6 is 0 Å². The maximum atomic E-state index is 15.0. The number of hydrogen-bond acceptors (Lipinski definition) is 6. The van der Waals surface area contributed by atoms with Crippen molar-refractivity contribution < 1.29 is 32.7 Å². The SMILES string of the molecule is CC(=O)OCC(=O)N(CCCN1C(=O)c2ccccc2C1=O)[C@@H](c1nn(-c2cc(F)ccc2F)cc1Cc1ccccc1)C(C)(C)C. The molecule has 0 aliphatic carbocycles. The minimum absolute atomic E-state index is 0.0420. The van der Waals surface area contributed by atoms with Crippen molar-refractivity contribution in [3.8, 4) is 5.69 Å². The highest BCUT2D eigenvalue weighted by Gasteiger charge is 2.40. The van der Waals surface area contributed by atoms with Crippen molar-refractivity contribution in [3.63, 3.8) is 0 Å². The number of hydrogen-bond donors (Lipinski definition) is 0. The molecule has 9 nitrogen and oxygen atoms in total. The molecule has 2 heterocycles. The Balaban J connectivity index is 1.54. The molecular formula is C36H36F2N4O5. The van der Waals surface area contributed by atoms with Crippen LogP contribution in [0.15, 0.2) is 79.0 Å². The van der Waals surface area contributed by atoms with Gasteiger partial charge in [0.25, 0.3) is 17.7 Å². The number of benzene rings is 3. The number of imide groups is 1. The van der Waals surface area contributed by atoms with Crippen molar-refractivity contribution in [2.24, 2.45) is 5.41 Å². The molecule has 0 bridgehead atoms. The van der Waals surface area contributed by atoms with Gasteiger partial charge in [0.15, 0.2) is 6.61 Å². The quantitative estimate of drug-likeness (QED) is 0.149. The summed E-state index contributed by atoms with van der Waals surface area (Å²) in [6.45, 7) is 6.53. The molecule has 0 N–H and O–H groups in total. The van der Waals surface area contributed by atoms with Gasteiger partial charge in [-0.15, -0.1) is 0 Å². The summed E-state index contributed by atoms with van der Waals surface area (Å²) in [6, 6.07) is 18.5. The third-order valence-electron chi connectivity index (χ3n) is 7.98. The monoisotopic (exact) mass is 642 g/mol. The first kappa shape index (κ1) is 33.2. The first-order chi connectivity index (χ1) is 22.3. The zero-order chi connectivity index (χ0) is 33.9. The third kappa shape index (κ3) is 7.29. The van der Waals surface area contributed by atoms with E-state index in [1.807, 2.05) is 51.1 Å². The summed E-state index contributed by atoms with van der Waals surface area (Å²) >= 11 is 0. The highest BCUT2D eigenvalue weighted by atomic mass is 19.1. The van der Waals surface area contributed by atoms with Gasteiger partial charge >= 0.3 is 5.97 Å². The van der Waals surface area contributed by atoms with Crippen LogP contribution in [-0.4, -0.2) is 63.0 Å². The number of ether oxygens (including phenoxy) is 1. The first-order valence-electron chi connectivity index (χ1n) is 15.3. The predicted octanol–water partition coefficient (Wildman–Crippen LogP) is 5.91. The smallest absolute Gasteiger partial charge is 0.303 e. The van der Waals surface area contributed by atoms with Crippen LogP contribution in [0, 0.1) is 17.0 Å². The van der Waals surface area contributed by atoms with Crippen LogP contribution in [0.3, 0.4) is 0 Å². The van der Waals surface area contributed by atoms with E-state index in [1.165, 1.54) is 16.5 Å². The second-order valence-electron chi connectivity index (χ2n) is 12.5. The Morgan fingerprint density at radius 3 is 2.19 bits per heavy atom. The number of esters is 1. The van der Waals surface area contributed by atoms with Gasteiger partial charge in [0.1, 0.15) is 17.3 Å². The number of nitrogens with zero attached hydrogens (tertiary/aromatic N) is 4. The Labute approximate surface area is 271 Å². The van der Waals surface area contributed by atoms with Crippen molar-refractivity contribution in [3.05, 3.63) is 119 Å². The lowest BCUT2D eigenvalue weighted by Crippen LogP contribution is -2.45. The number of carbonyl (C=O) groups is 4. The highest BCUT2D eigenvalue weighted by Crippen LogP contribution is 2.40.